The maximum Gasteiger partial charge on any atom is 0.240 e. The number of hydrogen-bond acceptors (Lipinski definition) is 4. The highest BCUT2D eigenvalue weighted by molar-refractivity contribution is 5.86. The van der Waals surface area contributed by atoms with Crippen LogP contribution in [0.5, 0.6) is 0 Å². The average Bonchev–Trinajstić information content (AvgIpc) is 2.55. The predicted molar refractivity (Wildman–Crippen MR) is 100 cm³/mol. The number of rotatable bonds is 6. The average molecular weight is 355 g/mol. The quantitative estimate of drug-likeness (QED) is 0.823. The Balaban J connectivity index is 0.00000288. The van der Waals surface area contributed by atoms with Crippen molar-refractivity contribution < 1.29 is 4.79 Å². The number of pyridine rings is 1. The van der Waals surface area contributed by atoms with E-state index in [1.54, 1.807) is 0 Å². The number of carbonyl (C=O) groups excluding carboxylic acids is 1. The van der Waals surface area contributed by atoms with E-state index in [1.165, 1.54) is 5.56 Å². The zero-order valence-corrected chi connectivity index (χ0v) is 15.8. The maximum atomic E-state index is 12.3. The fourth-order valence-corrected chi connectivity index (χ4v) is 3.27. The number of halogens is 1. The monoisotopic (exact) mass is 354 g/mol. The second kappa shape index (κ2) is 9.35. The van der Waals surface area contributed by atoms with Gasteiger partial charge in [-0.3, -0.25) is 14.7 Å². The largest absolute Gasteiger partial charge is 0.352 e. The third-order valence-corrected chi connectivity index (χ3v) is 4.89. The smallest absolute Gasteiger partial charge is 0.240 e. The molecular weight excluding hydrogens is 324 g/mol. The summed E-state index contributed by atoms with van der Waals surface area (Å²) < 4.78 is 0. The molecule has 0 spiro atoms. The second-order valence-corrected chi connectivity index (χ2v) is 6.91. The molecule has 1 aliphatic rings. The molecule has 0 radical (unpaired) electrons. The molecule has 5 nitrogen and oxygen atoms in total. The zero-order valence-electron chi connectivity index (χ0n) is 15.0. The first kappa shape index (κ1) is 20.9. The minimum atomic E-state index is -0.754. The zero-order chi connectivity index (χ0) is 16.9. The first-order valence-corrected chi connectivity index (χ1v) is 8.68. The number of likely N-dealkylation sites (tertiary alicyclic amines) is 1. The van der Waals surface area contributed by atoms with Crippen LogP contribution in [0.3, 0.4) is 0 Å². The lowest BCUT2D eigenvalue weighted by molar-refractivity contribution is -0.127. The summed E-state index contributed by atoms with van der Waals surface area (Å²) in [6.07, 6.45) is 7.27. The van der Waals surface area contributed by atoms with Crippen molar-refractivity contribution in [3.63, 3.8) is 0 Å². The molecule has 6 heteroatoms. The van der Waals surface area contributed by atoms with Crippen LogP contribution < -0.4 is 11.1 Å². The van der Waals surface area contributed by atoms with Crippen LogP contribution in [0.4, 0.5) is 0 Å². The first-order chi connectivity index (χ1) is 10.9. The van der Waals surface area contributed by atoms with Crippen LogP contribution in [0.2, 0.25) is 0 Å². The van der Waals surface area contributed by atoms with Gasteiger partial charge in [0.05, 0.1) is 5.54 Å². The minimum absolute atomic E-state index is 0. The fraction of sp³-hybridized carbons (Fsp3) is 0.667. The summed E-state index contributed by atoms with van der Waals surface area (Å²) in [5.74, 6) is -0.0139. The van der Waals surface area contributed by atoms with Gasteiger partial charge in [0.15, 0.2) is 0 Å². The van der Waals surface area contributed by atoms with Crippen molar-refractivity contribution >= 4 is 18.3 Å². The van der Waals surface area contributed by atoms with E-state index in [1.807, 2.05) is 19.3 Å². The van der Waals surface area contributed by atoms with Gasteiger partial charge in [-0.05, 0) is 50.8 Å². The Hall–Kier alpha value is -1.17. The number of hydrogen-bond donors (Lipinski definition) is 2. The van der Waals surface area contributed by atoms with Crippen LogP contribution in [-0.4, -0.2) is 40.5 Å². The molecule has 1 aromatic rings. The van der Waals surface area contributed by atoms with Crippen molar-refractivity contribution in [1.29, 1.82) is 0 Å². The topological polar surface area (TPSA) is 71.2 Å². The van der Waals surface area contributed by atoms with Crippen molar-refractivity contribution in [3.05, 3.63) is 30.1 Å². The van der Waals surface area contributed by atoms with Gasteiger partial charge < -0.3 is 11.1 Å². The standard InChI is InChI=1S/C18H30N4O.ClH/c1-4-9-18(3,19)17(23)21-16-7-12-22(13-8-16)14(2)15-5-10-20-11-6-15;/h5-6,10-11,14,16H,4,7-9,12-13,19H2,1-3H3,(H,21,23);1H. The van der Waals surface area contributed by atoms with E-state index in [0.717, 1.165) is 38.8 Å². The van der Waals surface area contributed by atoms with Crippen LogP contribution >= 0.6 is 12.4 Å². The third-order valence-electron chi connectivity index (χ3n) is 4.89. The van der Waals surface area contributed by atoms with Gasteiger partial charge in [-0.2, -0.15) is 0 Å². The summed E-state index contributed by atoms with van der Waals surface area (Å²) in [5, 5.41) is 3.14. The Morgan fingerprint density at radius 1 is 1.42 bits per heavy atom. The van der Waals surface area contributed by atoms with Crippen LogP contribution in [0.1, 0.15) is 58.1 Å². The number of nitrogens with zero attached hydrogens (tertiary/aromatic N) is 2. The molecule has 0 saturated carbocycles. The van der Waals surface area contributed by atoms with Crippen LogP contribution in [0.15, 0.2) is 24.5 Å². The number of nitrogens with two attached hydrogens (primary N) is 1. The lowest BCUT2D eigenvalue weighted by Gasteiger charge is -2.37. The molecule has 1 aliphatic heterocycles. The Kier molecular flexibility index (Phi) is 8.13. The van der Waals surface area contributed by atoms with E-state index in [0.29, 0.717) is 6.04 Å². The number of carbonyl (C=O) groups is 1. The third kappa shape index (κ3) is 5.43. The Bertz CT molecular complexity index is 501. The van der Waals surface area contributed by atoms with Gasteiger partial charge >= 0.3 is 0 Å². The van der Waals surface area contributed by atoms with Crippen LogP contribution in [0, 0.1) is 0 Å². The van der Waals surface area contributed by atoms with Crippen molar-refractivity contribution in [1.82, 2.24) is 15.2 Å². The van der Waals surface area contributed by atoms with E-state index in [2.05, 4.69) is 41.2 Å². The summed E-state index contributed by atoms with van der Waals surface area (Å²) in [5.41, 5.74) is 6.65. The molecule has 24 heavy (non-hydrogen) atoms. The molecule has 1 fully saturated rings. The molecule has 1 amide bonds. The van der Waals surface area contributed by atoms with Gasteiger partial charge in [0.25, 0.3) is 0 Å². The molecule has 2 atom stereocenters. The van der Waals surface area contributed by atoms with Crippen LogP contribution in [0.25, 0.3) is 0 Å². The summed E-state index contributed by atoms with van der Waals surface area (Å²) in [4.78, 5) is 18.8. The Labute approximate surface area is 151 Å². The fourth-order valence-electron chi connectivity index (χ4n) is 3.27. The van der Waals surface area contributed by atoms with E-state index in [-0.39, 0.29) is 24.4 Å². The van der Waals surface area contributed by atoms with Crippen molar-refractivity contribution in [2.75, 3.05) is 13.1 Å². The number of aromatic nitrogens is 1. The van der Waals surface area contributed by atoms with Crippen LogP contribution in [-0.2, 0) is 4.79 Å². The van der Waals surface area contributed by atoms with E-state index in [9.17, 15) is 4.79 Å². The SMILES string of the molecule is CCCC(C)(N)C(=O)NC1CCN(C(C)c2ccncc2)CC1.Cl. The second-order valence-electron chi connectivity index (χ2n) is 6.91. The van der Waals surface area contributed by atoms with Gasteiger partial charge in [-0.25, -0.2) is 0 Å². The Morgan fingerprint density at radius 3 is 2.54 bits per heavy atom. The van der Waals surface area contributed by atoms with Crippen molar-refractivity contribution in [3.8, 4) is 0 Å². The minimum Gasteiger partial charge on any atom is -0.352 e. The highest BCUT2D eigenvalue weighted by Gasteiger charge is 2.31. The first-order valence-electron chi connectivity index (χ1n) is 8.68. The maximum absolute atomic E-state index is 12.3. The summed E-state index contributed by atoms with van der Waals surface area (Å²) >= 11 is 0. The molecule has 0 aromatic carbocycles. The number of piperidine rings is 1. The highest BCUT2D eigenvalue weighted by Crippen LogP contribution is 2.24. The summed E-state index contributed by atoms with van der Waals surface area (Å²) in [6.45, 7) is 8.09. The molecule has 1 saturated heterocycles. The van der Waals surface area contributed by atoms with Crippen molar-refractivity contribution in [2.24, 2.45) is 5.73 Å². The molecule has 2 heterocycles. The van der Waals surface area contributed by atoms with E-state index in [4.69, 9.17) is 5.73 Å². The lowest BCUT2D eigenvalue weighted by atomic mass is 9.94. The molecule has 2 rings (SSSR count). The van der Waals surface area contributed by atoms with Gasteiger partial charge in [-0.15, -0.1) is 12.4 Å². The molecule has 0 aliphatic carbocycles. The predicted octanol–water partition coefficient (Wildman–Crippen LogP) is 2.66. The van der Waals surface area contributed by atoms with E-state index < -0.39 is 5.54 Å². The summed E-state index contributed by atoms with van der Waals surface area (Å²) in [7, 11) is 0. The van der Waals surface area contributed by atoms with Gasteiger partial charge in [0.1, 0.15) is 0 Å². The highest BCUT2D eigenvalue weighted by atomic mass is 35.5. The molecule has 3 N–H and O–H groups in total. The molecular formula is C18H31ClN4O. The van der Waals surface area contributed by atoms with Gasteiger partial charge in [-0.1, -0.05) is 13.3 Å². The molecule has 2 unspecified atom stereocenters. The number of nitrogens with one attached hydrogen (secondary N) is 1. The molecule has 0 bridgehead atoms. The lowest BCUT2D eigenvalue weighted by Crippen LogP contribution is -2.55. The van der Waals surface area contributed by atoms with Gasteiger partial charge in [0, 0.05) is 37.6 Å². The normalized spacial score (nSPS) is 19.8. The summed E-state index contributed by atoms with van der Waals surface area (Å²) in [6, 6.07) is 4.77. The van der Waals surface area contributed by atoms with Crippen molar-refractivity contribution in [2.45, 2.75) is 64.1 Å². The molecule has 1 aromatic heterocycles. The molecule has 136 valence electrons. The van der Waals surface area contributed by atoms with E-state index >= 15 is 0 Å². The van der Waals surface area contributed by atoms with Gasteiger partial charge in [0.2, 0.25) is 5.91 Å². The number of amides is 1. The Morgan fingerprint density at radius 2 is 2.00 bits per heavy atom.